The predicted octanol–water partition coefficient (Wildman–Crippen LogP) is 2.29. The Morgan fingerprint density at radius 2 is 2.11 bits per heavy atom. The average molecular weight is 309 g/mol. The van der Waals surface area contributed by atoms with E-state index in [1.54, 1.807) is 0 Å². The van der Waals surface area contributed by atoms with Crippen molar-refractivity contribution in [2.24, 2.45) is 0 Å². The first kappa shape index (κ1) is 12.1. The Bertz CT molecular complexity index is 545. The molecular weight excluding hydrogens is 292 g/mol. The van der Waals surface area contributed by atoms with E-state index in [0.717, 1.165) is 47.5 Å². The fourth-order valence-corrected chi connectivity index (χ4v) is 2.80. The van der Waals surface area contributed by atoms with Crippen molar-refractivity contribution < 1.29 is 0 Å². The predicted molar refractivity (Wildman–Crippen MR) is 76.7 cm³/mol. The second-order valence-electron chi connectivity index (χ2n) is 4.75. The van der Waals surface area contributed by atoms with E-state index < -0.39 is 0 Å². The molecule has 0 saturated carbocycles. The summed E-state index contributed by atoms with van der Waals surface area (Å²) in [7, 11) is 0. The van der Waals surface area contributed by atoms with Gasteiger partial charge in [0.1, 0.15) is 5.82 Å². The number of halogens is 1. The standard InChI is InChI=1S/C13H17BrN4/c1-9(18-6-4-15-5-7-18)13-16-11-3-2-10(14)8-12(11)17-13/h2-3,8-9,15H,4-7H2,1H3,(H,16,17). The molecule has 0 spiro atoms. The zero-order chi connectivity index (χ0) is 12.5. The van der Waals surface area contributed by atoms with Gasteiger partial charge in [0.25, 0.3) is 0 Å². The highest BCUT2D eigenvalue weighted by molar-refractivity contribution is 9.10. The summed E-state index contributed by atoms with van der Waals surface area (Å²) in [6.45, 7) is 6.52. The van der Waals surface area contributed by atoms with Gasteiger partial charge in [0.05, 0.1) is 17.1 Å². The van der Waals surface area contributed by atoms with E-state index in [0.29, 0.717) is 6.04 Å². The number of benzene rings is 1. The van der Waals surface area contributed by atoms with Gasteiger partial charge in [0, 0.05) is 30.7 Å². The maximum absolute atomic E-state index is 4.69. The van der Waals surface area contributed by atoms with E-state index >= 15 is 0 Å². The number of H-pyrrole nitrogens is 1. The lowest BCUT2D eigenvalue weighted by atomic mass is 10.2. The number of piperazine rings is 1. The van der Waals surface area contributed by atoms with Crippen LogP contribution in [-0.4, -0.2) is 41.0 Å². The van der Waals surface area contributed by atoms with E-state index in [2.05, 4.69) is 44.1 Å². The summed E-state index contributed by atoms with van der Waals surface area (Å²) in [5, 5.41) is 3.38. The molecule has 1 fully saturated rings. The molecule has 0 amide bonds. The van der Waals surface area contributed by atoms with Crippen molar-refractivity contribution in [3.63, 3.8) is 0 Å². The zero-order valence-electron chi connectivity index (χ0n) is 10.4. The molecule has 0 aliphatic carbocycles. The van der Waals surface area contributed by atoms with E-state index in [4.69, 9.17) is 4.98 Å². The molecule has 2 heterocycles. The highest BCUT2D eigenvalue weighted by Crippen LogP contribution is 2.23. The number of hydrogen-bond acceptors (Lipinski definition) is 3. The molecule has 1 saturated heterocycles. The second-order valence-corrected chi connectivity index (χ2v) is 5.66. The Morgan fingerprint density at radius 1 is 1.33 bits per heavy atom. The quantitative estimate of drug-likeness (QED) is 0.894. The minimum Gasteiger partial charge on any atom is -0.341 e. The summed E-state index contributed by atoms with van der Waals surface area (Å²) >= 11 is 3.49. The molecule has 1 aromatic heterocycles. The number of nitrogens with one attached hydrogen (secondary N) is 2. The lowest BCUT2D eigenvalue weighted by Gasteiger charge is -2.31. The van der Waals surface area contributed by atoms with Gasteiger partial charge in [0.15, 0.2) is 0 Å². The molecule has 5 heteroatoms. The number of imidazole rings is 1. The number of nitrogens with zero attached hydrogens (tertiary/aromatic N) is 2. The first-order valence-electron chi connectivity index (χ1n) is 6.34. The minimum absolute atomic E-state index is 0.346. The van der Waals surface area contributed by atoms with Gasteiger partial charge in [-0.05, 0) is 25.1 Å². The summed E-state index contributed by atoms with van der Waals surface area (Å²) in [6.07, 6.45) is 0. The van der Waals surface area contributed by atoms with Gasteiger partial charge < -0.3 is 10.3 Å². The van der Waals surface area contributed by atoms with Crippen LogP contribution in [0.15, 0.2) is 22.7 Å². The fourth-order valence-electron chi connectivity index (χ4n) is 2.44. The molecule has 96 valence electrons. The van der Waals surface area contributed by atoms with Gasteiger partial charge in [-0.3, -0.25) is 4.90 Å². The second kappa shape index (κ2) is 4.99. The van der Waals surface area contributed by atoms with Crippen molar-refractivity contribution in [1.29, 1.82) is 0 Å². The minimum atomic E-state index is 0.346. The molecule has 1 unspecified atom stereocenters. The van der Waals surface area contributed by atoms with Crippen LogP contribution in [0.25, 0.3) is 11.0 Å². The Morgan fingerprint density at radius 3 is 2.89 bits per heavy atom. The summed E-state index contributed by atoms with van der Waals surface area (Å²) in [5.41, 5.74) is 2.14. The molecule has 18 heavy (non-hydrogen) atoms. The van der Waals surface area contributed by atoms with Crippen LogP contribution in [0, 0.1) is 0 Å². The van der Waals surface area contributed by atoms with Crippen molar-refractivity contribution in [3.05, 3.63) is 28.5 Å². The van der Waals surface area contributed by atoms with Gasteiger partial charge in [-0.25, -0.2) is 4.98 Å². The summed E-state index contributed by atoms with van der Waals surface area (Å²) in [5.74, 6) is 1.06. The van der Waals surface area contributed by atoms with Crippen LogP contribution in [0.5, 0.6) is 0 Å². The fraction of sp³-hybridized carbons (Fsp3) is 0.462. The number of aromatic nitrogens is 2. The lowest BCUT2D eigenvalue weighted by molar-refractivity contribution is 0.180. The van der Waals surface area contributed by atoms with Crippen LogP contribution in [0.3, 0.4) is 0 Å². The molecule has 1 aliphatic heterocycles. The number of rotatable bonds is 2. The van der Waals surface area contributed by atoms with Crippen LogP contribution in [0.4, 0.5) is 0 Å². The molecule has 0 radical (unpaired) electrons. The van der Waals surface area contributed by atoms with Crippen molar-refractivity contribution >= 4 is 27.0 Å². The van der Waals surface area contributed by atoms with E-state index in [-0.39, 0.29) is 0 Å². The van der Waals surface area contributed by atoms with Crippen LogP contribution in [-0.2, 0) is 0 Å². The maximum atomic E-state index is 4.69. The van der Waals surface area contributed by atoms with Gasteiger partial charge in [0.2, 0.25) is 0 Å². The third-order valence-corrected chi connectivity index (χ3v) is 4.05. The lowest BCUT2D eigenvalue weighted by Crippen LogP contribution is -2.44. The van der Waals surface area contributed by atoms with Gasteiger partial charge in [-0.15, -0.1) is 0 Å². The Labute approximate surface area is 115 Å². The average Bonchev–Trinajstić information content (AvgIpc) is 2.81. The molecule has 1 aliphatic rings. The number of hydrogen-bond donors (Lipinski definition) is 2. The molecule has 1 atom stereocenters. The Kier molecular flexibility index (Phi) is 3.37. The van der Waals surface area contributed by atoms with Crippen molar-refractivity contribution in [2.75, 3.05) is 26.2 Å². The largest absolute Gasteiger partial charge is 0.341 e. The summed E-state index contributed by atoms with van der Waals surface area (Å²) in [6, 6.07) is 6.50. The SMILES string of the molecule is CC(c1nc2ccc(Br)cc2[nH]1)N1CCNCC1. The molecule has 2 N–H and O–H groups in total. The summed E-state index contributed by atoms with van der Waals surface area (Å²) < 4.78 is 1.08. The monoisotopic (exact) mass is 308 g/mol. The highest BCUT2D eigenvalue weighted by atomic mass is 79.9. The van der Waals surface area contributed by atoms with Crippen LogP contribution in [0.1, 0.15) is 18.8 Å². The van der Waals surface area contributed by atoms with E-state index in [1.165, 1.54) is 0 Å². The molecular formula is C13H17BrN4. The summed E-state index contributed by atoms with van der Waals surface area (Å²) in [4.78, 5) is 10.6. The van der Waals surface area contributed by atoms with Crippen LogP contribution < -0.4 is 5.32 Å². The van der Waals surface area contributed by atoms with Gasteiger partial charge >= 0.3 is 0 Å². The number of fused-ring (bicyclic) bond motifs is 1. The van der Waals surface area contributed by atoms with E-state index in [1.807, 2.05) is 12.1 Å². The molecule has 3 rings (SSSR count). The Hall–Kier alpha value is -0.910. The van der Waals surface area contributed by atoms with Crippen molar-refractivity contribution in [3.8, 4) is 0 Å². The molecule has 2 aromatic rings. The normalized spacial score (nSPS) is 19.2. The van der Waals surface area contributed by atoms with E-state index in [9.17, 15) is 0 Å². The third kappa shape index (κ3) is 2.30. The van der Waals surface area contributed by atoms with Crippen LogP contribution in [0.2, 0.25) is 0 Å². The maximum Gasteiger partial charge on any atom is 0.124 e. The molecule has 4 nitrogen and oxygen atoms in total. The highest BCUT2D eigenvalue weighted by Gasteiger charge is 2.20. The third-order valence-electron chi connectivity index (χ3n) is 3.56. The molecule has 1 aromatic carbocycles. The zero-order valence-corrected chi connectivity index (χ0v) is 12.0. The molecule has 0 bridgehead atoms. The Balaban J connectivity index is 1.88. The van der Waals surface area contributed by atoms with Crippen molar-refractivity contribution in [2.45, 2.75) is 13.0 Å². The van der Waals surface area contributed by atoms with Gasteiger partial charge in [-0.1, -0.05) is 15.9 Å². The first-order chi connectivity index (χ1) is 8.74. The van der Waals surface area contributed by atoms with Crippen molar-refractivity contribution in [1.82, 2.24) is 20.2 Å². The van der Waals surface area contributed by atoms with Crippen LogP contribution >= 0.6 is 15.9 Å². The number of aromatic amines is 1. The smallest absolute Gasteiger partial charge is 0.124 e. The van der Waals surface area contributed by atoms with Gasteiger partial charge in [-0.2, -0.15) is 0 Å². The first-order valence-corrected chi connectivity index (χ1v) is 7.13. The topological polar surface area (TPSA) is 44.0 Å².